The highest BCUT2D eigenvalue weighted by Crippen LogP contribution is 2.22. The van der Waals surface area contributed by atoms with Crippen molar-refractivity contribution in [2.45, 2.75) is 24.5 Å². The second-order valence-electron chi connectivity index (χ2n) is 3.96. The van der Waals surface area contributed by atoms with Crippen LogP contribution in [0.4, 0.5) is 0 Å². The molecule has 0 aliphatic carbocycles. The zero-order chi connectivity index (χ0) is 11.8. The number of hydrogen-bond acceptors (Lipinski definition) is 5. The number of sulfone groups is 1. The minimum atomic E-state index is -3.28. The Hall–Kier alpha value is -1.24. The van der Waals surface area contributed by atoms with E-state index in [4.69, 9.17) is 0 Å². The molecule has 1 aliphatic rings. The monoisotopic (exact) mass is 243 g/mol. The molecule has 0 bridgehead atoms. The van der Waals surface area contributed by atoms with E-state index < -0.39 is 15.1 Å². The van der Waals surface area contributed by atoms with Crippen LogP contribution >= 0.6 is 0 Å². The molecule has 0 aromatic carbocycles. The number of aryl methyl sites for hydroxylation is 1. The number of aromatic nitrogens is 3. The number of rotatable bonds is 2. The van der Waals surface area contributed by atoms with Crippen LogP contribution in [0.2, 0.25) is 0 Å². The van der Waals surface area contributed by atoms with Gasteiger partial charge in [-0.2, -0.15) is 0 Å². The molecule has 0 N–H and O–H groups in total. The van der Waals surface area contributed by atoms with Gasteiger partial charge >= 0.3 is 0 Å². The Balaban J connectivity index is 2.32. The van der Waals surface area contributed by atoms with E-state index in [1.807, 2.05) is 0 Å². The van der Waals surface area contributed by atoms with Crippen LogP contribution in [0, 0.1) is 0 Å². The molecule has 16 heavy (non-hydrogen) atoms. The molecule has 1 fully saturated rings. The van der Waals surface area contributed by atoms with Crippen molar-refractivity contribution in [1.29, 1.82) is 0 Å². The Labute approximate surface area is 93.6 Å². The summed E-state index contributed by atoms with van der Waals surface area (Å²) in [6.45, 7) is 0. The van der Waals surface area contributed by atoms with Gasteiger partial charge in [-0.3, -0.25) is 4.79 Å². The maximum absolute atomic E-state index is 12.0. The number of nitrogens with zero attached hydrogens (tertiary/aromatic N) is 3. The summed E-state index contributed by atoms with van der Waals surface area (Å²) >= 11 is 0. The normalized spacial score (nSPS) is 24.2. The molecule has 2 heterocycles. The van der Waals surface area contributed by atoms with E-state index in [0.717, 1.165) is 6.42 Å². The maximum Gasteiger partial charge on any atom is 0.200 e. The van der Waals surface area contributed by atoms with E-state index >= 15 is 0 Å². The van der Waals surface area contributed by atoms with E-state index in [1.54, 1.807) is 7.05 Å². The number of carbonyl (C=O) groups is 1. The zero-order valence-electron chi connectivity index (χ0n) is 8.96. The van der Waals surface area contributed by atoms with Gasteiger partial charge in [0.1, 0.15) is 10.9 Å². The van der Waals surface area contributed by atoms with Crippen molar-refractivity contribution in [3.8, 4) is 0 Å². The predicted octanol–water partition coefficient (Wildman–Crippen LogP) is -0.0349. The Morgan fingerprint density at radius 2 is 2.25 bits per heavy atom. The third-order valence-corrected chi connectivity index (χ3v) is 5.01. The highest BCUT2D eigenvalue weighted by molar-refractivity contribution is 7.92. The summed E-state index contributed by atoms with van der Waals surface area (Å²) < 4.78 is 24.8. The Kier molecular flexibility index (Phi) is 2.79. The molecule has 7 heteroatoms. The average molecular weight is 243 g/mol. The molecule has 88 valence electrons. The van der Waals surface area contributed by atoms with Crippen LogP contribution in [-0.2, 0) is 16.9 Å². The molecule has 0 saturated carbocycles. The lowest BCUT2D eigenvalue weighted by Gasteiger charge is -2.20. The van der Waals surface area contributed by atoms with Gasteiger partial charge in [0.2, 0.25) is 5.78 Å². The highest BCUT2D eigenvalue weighted by Gasteiger charge is 2.36. The largest absolute Gasteiger partial charge is 0.291 e. The zero-order valence-corrected chi connectivity index (χ0v) is 9.77. The summed E-state index contributed by atoms with van der Waals surface area (Å²) in [5.74, 6) is -0.276. The standard InChI is InChI=1S/C9H13N3O3S/c1-12-7(6-10-11-12)9(13)8-4-2-3-5-16(8,14)15/h6,8H,2-5H2,1H3. The van der Waals surface area contributed by atoms with Crippen LogP contribution in [0.1, 0.15) is 29.8 Å². The first kappa shape index (κ1) is 11.3. The van der Waals surface area contributed by atoms with Crippen LogP contribution in [0.25, 0.3) is 0 Å². The van der Waals surface area contributed by atoms with Crippen molar-refractivity contribution in [1.82, 2.24) is 15.0 Å². The molecule has 0 amide bonds. The molecule has 1 unspecified atom stereocenters. The van der Waals surface area contributed by atoms with Crippen LogP contribution in [0.15, 0.2) is 6.20 Å². The van der Waals surface area contributed by atoms with Gasteiger partial charge < -0.3 is 0 Å². The topological polar surface area (TPSA) is 81.9 Å². The Morgan fingerprint density at radius 1 is 1.50 bits per heavy atom. The van der Waals surface area contributed by atoms with Gasteiger partial charge in [0.25, 0.3) is 0 Å². The lowest BCUT2D eigenvalue weighted by molar-refractivity contribution is 0.0972. The molecular formula is C9H13N3O3S. The lowest BCUT2D eigenvalue weighted by Crippen LogP contribution is -2.36. The minimum absolute atomic E-state index is 0.106. The van der Waals surface area contributed by atoms with Crippen LogP contribution in [0.3, 0.4) is 0 Å². The molecule has 0 radical (unpaired) electrons. The van der Waals surface area contributed by atoms with Crippen LogP contribution in [-0.4, -0.2) is 40.2 Å². The molecule has 2 rings (SSSR count). The third kappa shape index (κ3) is 1.87. The van der Waals surface area contributed by atoms with Crippen molar-refractivity contribution in [2.24, 2.45) is 7.05 Å². The van der Waals surface area contributed by atoms with Gasteiger partial charge in [-0.1, -0.05) is 11.6 Å². The van der Waals surface area contributed by atoms with Crippen molar-refractivity contribution < 1.29 is 13.2 Å². The smallest absolute Gasteiger partial charge is 0.200 e. The molecule has 1 aromatic heterocycles. The molecule has 1 saturated heterocycles. The van der Waals surface area contributed by atoms with Gasteiger partial charge in [0, 0.05) is 7.05 Å². The molecule has 1 aliphatic heterocycles. The summed E-state index contributed by atoms with van der Waals surface area (Å²) in [5, 5.41) is 6.31. The van der Waals surface area contributed by atoms with Gasteiger partial charge in [0.15, 0.2) is 9.84 Å². The van der Waals surface area contributed by atoms with E-state index in [-0.39, 0.29) is 17.2 Å². The molecule has 1 aromatic rings. The molecule has 1 atom stereocenters. The van der Waals surface area contributed by atoms with E-state index in [0.29, 0.717) is 12.8 Å². The van der Waals surface area contributed by atoms with E-state index in [2.05, 4.69) is 10.3 Å². The van der Waals surface area contributed by atoms with Gasteiger partial charge in [-0.05, 0) is 12.8 Å². The van der Waals surface area contributed by atoms with Crippen molar-refractivity contribution in [3.05, 3.63) is 11.9 Å². The first-order valence-corrected chi connectivity index (χ1v) is 6.84. The number of Topliss-reactive ketones (excluding diaryl/α,β-unsaturated/α-hetero) is 1. The summed E-state index contributed by atoms with van der Waals surface area (Å²) in [6.07, 6.45) is 3.15. The molecule has 0 spiro atoms. The second kappa shape index (κ2) is 3.97. The first-order chi connectivity index (χ1) is 7.52. The third-order valence-electron chi connectivity index (χ3n) is 2.84. The SMILES string of the molecule is Cn1nncc1C(=O)C1CCCCS1(=O)=O. The minimum Gasteiger partial charge on any atom is -0.291 e. The van der Waals surface area contributed by atoms with Gasteiger partial charge in [0.05, 0.1) is 11.9 Å². The molecule has 6 nitrogen and oxygen atoms in total. The van der Waals surface area contributed by atoms with Crippen molar-refractivity contribution in [3.63, 3.8) is 0 Å². The average Bonchev–Trinajstić information content (AvgIpc) is 2.63. The fourth-order valence-electron chi connectivity index (χ4n) is 1.93. The summed E-state index contributed by atoms with van der Waals surface area (Å²) in [5.41, 5.74) is 0.260. The number of ketones is 1. The van der Waals surface area contributed by atoms with E-state index in [1.165, 1.54) is 10.9 Å². The van der Waals surface area contributed by atoms with Gasteiger partial charge in [-0.25, -0.2) is 13.1 Å². The summed E-state index contributed by atoms with van der Waals surface area (Å²) in [4.78, 5) is 12.0. The van der Waals surface area contributed by atoms with Crippen LogP contribution in [0.5, 0.6) is 0 Å². The van der Waals surface area contributed by atoms with E-state index in [9.17, 15) is 13.2 Å². The quantitative estimate of drug-likeness (QED) is 0.681. The fraction of sp³-hybridized carbons (Fsp3) is 0.667. The Bertz CT molecular complexity index is 506. The predicted molar refractivity (Wildman–Crippen MR) is 56.8 cm³/mol. The first-order valence-electron chi connectivity index (χ1n) is 5.13. The lowest BCUT2D eigenvalue weighted by atomic mass is 10.1. The second-order valence-corrected chi connectivity index (χ2v) is 6.26. The highest BCUT2D eigenvalue weighted by atomic mass is 32.2. The maximum atomic E-state index is 12.0. The Morgan fingerprint density at radius 3 is 2.81 bits per heavy atom. The summed E-state index contributed by atoms with van der Waals surface area (Å²) in [7, 11) is -1.70. The number of carbonyl (C=O) groups excluding carboxylic acids is 1. The van der Waals surface area contributed by atoms with Gasteiger partial charge in [-0.15, -0.1) is 5.10 Å². The van der Waals surface area contributed by atoms with Crippen LogP contribution < -0.4 is 0 Å². The van der Waals surface area contributed by atoms with Crippen molar-refractivity contribution in [2.75, 3.05) is 5.75 Å². The summed E-state index contributed by atoms with van der Waals surface area (Å²) in [6, 6.07) is 0. The van der Waals surface area contributed by atoms with Crippen molar-refractivity contribution >= 4 is 15.6 Å². The molecular weight excluding hydrogens is 230 g/mol. The number of hydrogen-bond donors (Lipinski definition) is 0. The fourth-order valence-corrected chi connectivity index (χ4v) is 3.79.